The zero-order valence-corrected chi connectivity index (χ0v) is 18.7. The molecule has 10 heteroatoms. The van der Waals surface area contributed by atoms with E-state index in [4.69, 9.17) is 16.3 Å². The molecular formula is C20H20ClN3O4S2. The van der Waals surface area contributed by atoms with E-state index in [1.165, 1.54) is 37.6 Å². The Bertz CT molecular complexity index is 1110. The summed E-state index contributed by atoms with van der Waals surface area (Å²) in [4.78, 5) is 16.9. The Labute approximate surface area is 184 Å². The third kappa shape index (κ3) is 5.79. The summed E-state index contributed by atoms with van der Waals surface area (Å²) >= 11 is 7.26. The van der Waals surface area contributed by atoms with Crippen molar-refractivity contribution in [3.63, 3.8) is 0 Å². The van der Waals surface area contributed by atoms with Crippen LogP contribution in [0.4, 0.5) is 5.69 Å². The highest BCUT2D eigenvalue weighted by atomic mass is 35.5. The quantitative estimate of drug-likeness (QED) is 0.546. The summed E-state index contributed by atoms with van der Waals surface area (Å²) in [5.41, 5.74) is 1.15. The van der Waals surface area contributed by atoms with E-state index < -0.39 is 10.0 Å². The van der Waals surface area contributed by atoms with Gasteiger partial charge in [0.15, 0.2) is 0 Å². The van der Waals surface area contributed by atoms with Gasteiger partial charge in [0, 0.05) is 30.2 Å². The number of aromatic nitrogens is 1. The van der Waals surface area contributed by atoms with Crippen molar-refractivity contribution in [2.45, 2.75) is 17.9 Å². The molecule has 1 N–H and O–H groups in total. The van der Waals surface area contributed by atoms with Crippen molar-refractivity contribution in [1.29, 1.82) is 0 Å². The molecule has 7 nitrogen and oxygen atoms in total. The Morgan fingerprint density at radius 1 is 1.13 bits per heavy atom. The summed E-state index contributed by atoms with van der Waals surface area (Å²) in [6, 6.07) is 13.1. The number of thiazole rings is 1. The molecule has 30 heavy (non-hydrogen) atoms. The molecule has 0 aliphatic rings. The van der Waals surface area contributed by atoms with Gasteiger partial charge in [0.25, 0.3) is 0 Å². The van der Waals surface area contributed by atoms with E-state index in [9.17, 15) is 13.2 Å². The van der Waals surface area contributed by atoms with Crippen molar-refractivity contribution in [3.05, 3.63) is 69.6 Å². The van der Waals surface area contributed by atoms with Crippen LogP contribution < -0.4 is 10.1 Å². The molecule has 0 spiro atoms. The second kappa shape index (κ2) is 9.57. The SMILES string of the molecule is CN(C)S(=O)(=O)c1ccc(NC(=O)Cc2csc(COc3ccc(Cl)cc3)n2)cc1. The van der Waals surface area contributed by atoms with E-state index in [-0.39, 0.29) is 17.2 Å². The summed E-state index contributed by atoms with van der Waals surface area (Å²) in [5.74, 6) is 0.447. The number of halogens is 1. The molecule has 0 aliphatic carbocycles. The lowest BCUT2D eigenvalue weighted by Crippen LogP contribution is -2.22. The van der Waals surface area contributed by atoms with Crippen LogP contribution in [0.2, 0.25) is 5.02 Å². The molecular weight excluding hydrogens is 446 g/mol. The third-order valence-corrected chi connectivity index (χ3v) is 6.99. The number of carbonyl (C=O) groups excluding carboxylic acids is 1. The summed E-state index contributed by atoms with van der Waals surface area (Å²) in [6.45, 7) is 0.301. The molecule has 2 aromatic carbocycles. The first kappa shape index (κ1) is 22.2. The Hall–Kier alpha value is -2.46. The van der Waals surface area contributed by atoms with Gasteiger partial charge in [-0.15, -0.1) is 11.3 Å². The minimum atomic E-state index is -3.50. The van der Waals surface area contributed by atoms with Gasteiger partial charge < -0.3 is 10.1 Å². The molecule has 1 aromatic heterocycles. The maximum absolute atomic E-state index is 12.3. The summed E-state index contributed by atoms with van der Waals surface area (Å²) in [7, 11) is -0.570. The fourth-order valence-corrected chi connectivity index (χ4v) is 4.20. The van der Waals surface area contributed by atoms with Gasteiger partial charge in [-0.25, -0.2) is 17.7 Å². The van der Waals surface area contributed by atoms with Crippen molar-refractivity contribution in [2.24, 2.45) is 0 Å². The van der Waals surface area contributed by atoms with Crippen LogP contribution in [0.15, 0.2) is 58.8 Å². The van der Waals surface area contributed by atoms with Crippen molar-refractivity contribution in [2.75, 3.05) is 19.4 Å². The lowest BCUT2D eigenvalue weighted by molar-refractivity contribution is -0.115. The number of hydrogen-bond donors (Lipinski definition) is 1. The van der Waals surface area contributed by atoms with Gasteiger partial charge in [-0.3, -0.25) is 4.79 Å². The molecule has 0 bridgehead atoms. The van der Waals surface area contributed by atoms with E-state index in [0.29, 0.717) is 28.8 Å². The van der Waals surface area contributed by atoms with Crippen molar-refractivity contribution in [1.82, 2.24) is 9.29 Å². The largest absolute Gasteiger partial charge is 0.486 e. The van der Waals surface area contributed by atoms with Crippen molar-refractivity contribution < 1.29 is 17.9 Å². The third-order valence-electron chi connectivity index (χ3n) is 4.03. The van der Waals surface area contributed by atoms with Gasteiger partial charge in [0.05, 0.1) is 17.0 Å². The predicted molar refractivity (Wildman–Crippen MR) is 118 cm³/mol. The molecule has 0 saturated carbocycles. The molecule has 0 saturated heterocycles. The average molecular weight is 466 g/mol. The fraction of sp³-hybridized carbons (Fsp3) is 0.200. The highest BCUT2D eigenvalue weighted by Crippen LogP contribution is 2.19. The van der Waals surface area contributed by atoms with Crippen LogP contribution in [-0.4, -0.2) is 37.7 Å². The number of hydrogen-bond acceptors (Lipinski definition) is 6. The second-order valence-corrected chi connectivity index (χ2v) is 10.0. The predicted octanol–water partition coefficient (Wildman–Crippen LogP) is 3.81. The molecule has 0 fully saturated rings. The van der Waals surface area contributed by atoms with Gasteiger partial charge in [-0.2, -0.15) is 0 Å². The minimum Gasteiger partial charge on any atom is -0.486 e. The first-order valence-electron chi connectivity index (χ1n) is 8.88. The summed E-state index contributed by atoms with van der Waals surface area (Å²) in [6.07, 6.45) is 0.106. The van der Waals surface area contributed by atoms with Crippen molar-refractivity contribution >= 4 is 44.6 Å². The van der Waals surface area contributed by atoms with Crippen LogP contribution in [-0.2, 0) is 27.8 Å². The molecule has 1 amide bonds. The monoisotopic (exact) mass is 465 g/mol. The second-order valence-electron chi connectivity index (χ2n) is 6.51. The molecule has 0 aliphatic heterocycles. The summed E-state index contributed by atoms with van der Waals surface area (Å²) in [5, 5.41) is 5.95. The Balaban J connectivity index is 1.53. The maximum atomic E-state index is 12.3. The molecule has 0 radical (unpaired) electrons. The van der Waals surface area contributed by atoms with E-state index in [1.54, 1.807) is 36.4 Å². The molecule has 0 atom stereocenters. The van der Waals surface area contributed by atoms with Crippen LogP contribution in [0.5, 0.6) is 5.75 Å². The van der Waals surface area contributed by atoms with Crippen LogP contribution in [0.1, 0.15) is 10.7 Å². The Kier molecular flexibility index (Phi) is 7.09. The number of nitrogens with one attached hydrogen (secondary N) is 1. The van der Waals surface area contributed by atoms with E-state index in [0.717, 1.165) is 9.31 Å². The van der Waals surface area contributed by atoms with Crippen molar-refractivity contribution in [3.8, 4) is 5.75 Å². The first-order valence-corrected chi connectivity index (χ1v) is 11.6. The highest BCUT2D eigenvalue weighted by molar-refractivity contribution is 7.89. The zero-order valence-electron chi connectivity index (χ0n) is 16.3. The van der Waals surface area contributed by atoms with E-state index in [2.05, 4.69) is 10.3 Å². The minimum absolute atomic E-state index is 0.106. The van der Waals surface area contributed by atoms with Crippen LogP contribution >= 0.6 is 22.9 Å². The lowest BCUT2D eigenvalue weighted by Gasteiger charge is -2.11. The standard InChI is InChI=1S/C20H20ClN3O4S2/c1-24(2)30(26,27)18-9-5-15(6-10-18)22-19(25)11-16-13-29-20(23-16)12-28-17-7-3-14(21)4-8-17/h3-10,13H,11-12H2,1-2H3,(H,22,25). The highest BCUT2D eigenvalue weighted by Gasteiger charge is 2.17. The fourth-order valence-electron chi connectivity index (χ4n) is 2.46. The van der Waals surface area contributed by atoms with Gasteiger partial charge in [0.1, 0.15) is 17.4 Å². The number of rotatable bonds is 8. The molecule has 158 valence electrons. The number of carbonyl (C=O) groups is 1. The maximum Gasteiger partial charge on any atom is 0.242 e. The number of ether oxygens (including phenoxy) is 1. The van der Waals surface area contributed by atoms with Crippen LogP contribution in [0.3, 0.4) is 0 Å². The average Bonchev–Trinajstić information content (AvgIpc) is 3.15. The van der Waals surface area contributed by atoms with E-state index in [1.807, 2.05) is 5.38 Å². The summed E-state index contributed by atoms with van der Waals surface area (Å²) < 4.78 is 31.0. The molecule has 1 heterocycles. The molecule has 0 unspecified atom stereocenters. The van der Waals surface area contributed by atoms with Gasteiger partial charge in [0.2, 0.25) is 15.9 Å². The van der Waals surface area contributed by atoms with Gasteiger partial charge in [-0.05, 0) is 48.5 Å². The Morgan fingerprint density at radius 3 is 2.43 bits per heavy atom. The number of amides is 1. The van der Waals surface area contributed by atoms with Crippen LogP contribution in [0.25, 0.3) is 0 Å². The Morgan fingerprint density at radius 2 is 1.80 bits per heavy atom. The first-order chi connectivity index (χ1) is 14.2. The number of anilines is 1. The lowest BCUT2D eigenvalue weighted by atomic mass is 10.3. The van der Waals surface area contributed by atoms with Gasteiger partial charge >= 0.3 is 0 Å². The smallest absolute Gasteiger partial charge is 0.242 e. The van der Waals surface area contributed by atoms with Crippen LogP contribution in [0, 0.1) is 0 Å². The number of benzene rings is 2. The number of sulfonamides is 1. The molecule has 3 aromatic rings. The van der Waals surface area contributed by atoms with Gasteiger partial charge in [-0.1, -0.05) is 11.6 Å². The molecule has 3 rings (SSSR count). The normalized spacial score (nSPS) is 11.5. The van der Waals surface area contributed by atoms with E-state index >= 15 is 0 Å². The topological polar surface area (TPSA) is 88.6 Å². The zero-order chi connectivity index (χ0) is 21.7. The number of nitrogens with zero attached hydrogens (tertiary/aromatic N) is 2.